The maximum Gasteiger partial charge on any atom is 0.252 e. The average molecular weight is 339 g/mol. The summed E-state index contributed by atoms with van der Waals surface area (Å²) in [5.41, 5.74) is 3.38. The average Bonchev–Trinajstić information content (AvgIpc) is 2.96. The number of nitrogens with zero attached hydrogens (tertiary/aromatic N) is 4. The van der Waals surface area contributed by atoms with E-state index in [9.17, 15) is 9.18 Å². The highest BCUT2D eigenvalue weighted by Crippen LogP contribution is 2.15. The molecule has 3 rings (SSSR count). The van der Waals surface area contributed by atoms with Crippen molar-refractivity contribution in [3.8, 4) is 0 Å². The summed E-state index contributed by atoms with van der Waals surface area (Å²) in [5.74, 6) is 0.216. The van der Waals surface area contributed by atoms with Crippen LogP contribution in [0.2, 0.25) is 0 Å². The fraction of sp³-hybridized carbons (Fsp3) is 0.222. The number of nitrogens with one attached hydrogen (secondary N) is 1. The molecule has 25 heavy (non-hydrogen) atoms. The van der Waals surface area contributed by atoms with Crippen LogP contribution in [-0.4, -0.2) is 25.5 Å². The van der Waals surface area contributed by atoms with Gasteiger partial charge in [-0.3, -0.25) is 4.79 Å². The van der Waals surface area contributed by atoms with Gasteiger partial charge in [0.25, 0.3) is 5.78 Å². The predicted molar refractivity (Wildman–Crippen MR) is 92.9 cm³/mol. The topological polar surface area (TPSA) is 72.2 Å². The molecule has 2 heterocycles. The molecule has 0 radical (unpaired) electrons. The molecular formula is C18H18FN5O. The lowest BCUT2D eigenvalue weighted by atomic mass is 10.1. The standard InChI is InChI=1S/C18H18FN5O/c1-4-5-15-11(2)20-18-22-16(23-24(18)12(15)3)10-17(25)21-14-8-6-13(19)7-9-14/h4,6-9H,1,5,10H2,2-3H3,(H,21,25). The molecule has 0 atom stereocenters. The van der Waals surface area contributed by atoms with Crippen molar-refractivity contribution in [1.29, 1.82) is 0 Å². The number of halogens is 1. The van der Waals surface area contributed by atoms with Crippen LogP contribution in [0.3, 0.4) is 0 Å². The van der Waals surface area contributed by atoms with Crippen LogP contribution in [0.25, 0.3) is 5.78 Å². The number of amides is 1. The highest BCUT2D eigenvalue weighted by atomic mass is 19.1. The van der Waals surface area contributed by atoms with Crippen molar-refractivity contribution in [2.24, 2.45) is 0 Å². The maximum atomic E-state index is 12.9. The Balaban J connectivity index is 1.82. The number of benzene rings is 1. The van der Waals surface area contributed by atoms with Gasteiger partial charge in [-0.05, 0) is 50.1 Å². The summed E-state index contributed by atoms with van der Waals surface area (Å²) in [5, 5.41) is 7.07. The highest BCUT2D eigenvalue weighted by Gasteiger charge is 2.14. The molecule has 128 valence electrons. The summed E-state index contributed by atoms with van der Waals surface area (Å²) in [4.78, 5) is 20.9. The van der Waals surface area contributed by atoms with E-state index in [4.69, 9.17) is 0 Å². The van der Waals surface area contributed by atoms with Crippen molar-refractivity contribution >= 4 is 17.4 Å². The monoisotopic (exact) mass is 339 g/mol. The van der Waals surface area contributed by atoms with Gasteiger partial charge in [0.15, 0.2) is 5.82 Å². The van der Waals surface area contributed by atoms with Crippen molar-refractivity contribution in [2.45, 2.75) is 26.7 Å². The van der Waals surface area contributed by atoms with Gasteiger partial charge < -0.3 is 5.32 Å². The van der Waals surface area contributed by atoms with Gasteiger partial charge in [-0.1, -0.05) is 6.08 Å². The van der Waals surface area contributed by atoms with Crippen molar-refractivity contribution in [3.63, 3.8) is 0 Å². The largest absolute Gasteiger partial charge is 0.326 e. The molecule has 0 aliphatic heterocycles. The first-order valence-corrected chi connectivity index (χ1v) is 7.86. The van der Waals surface area contributed by atoms with Crippen molar-refractivity contribution in [1.82, 2.24) is 19.6 Å². The maximum absolute atomic E-state index is 12.9. The first-order valence-electron chi connectivity index (χ1n) is 7.86. The molecule has 1 amide bonds. The van der Waals surface area contributed by atoms with E-state index in [1.807, 2.05) is 19.9 Å². The fourth-order valence-electron chi connectivity index (χ4n) is 2.65. The van der Waals surface area contributed by atoms with Gasteiger partial charge in [0.2, 0.25) is 5.91 Å². The Morgan fingerprint density at radius 2 is 2.00 bits per heavy atom. The number of anilines is 1. The lowest BCUT2D eigenvalue weighted by molar-refractivity contribution is -0.115. The summed E-state index contributed by atoms with van der Waals surface area (Å²) >= 11 is 0. The molecule has 1 N–H and O–H groups in total. The molecular weight excluding hydrogens is 321 g/mol. The minimum atomic E-state index is -0.354. The van der Waals surface area contributed by atoms with Crippen LogP contribution in [-0.2, 0) is 17.6 Å². The summed E-state index contributed by atoms with van der Waals surface area (Å²) in [7, 11) is 0. The molecule has 0 saturated carbocycles. The Bertz CT molecular complexity index is 946. The number of fused-ring (bicyclic) bond motifs is 1. The van der Waals surface area contributed by atoms with E-state index in [0.717, 1.165) is 17.0 Å². The third-order valence-corrected chi connectivity index (χ3v) is 3.89. The Morgan fingerprint density at radius 3 is 2.68 bits per heavy atom. The molecule has 0 aliphatic rings. The molecule has 7 heteroatoms. The van der Waals surface area contributed by atoms with E-state index in [1.54, 1.807) is 4.52 Å². The Labute approximate surface area is 144 Å². The molecule has 0 fully saturated rings. The molecule has 6 nitrogen and oxygen atoms in total. The summed E-state index contributed by atoms with van der Waals surface area (Å²) in [6.45, 7) is 7.62. The molecule has 0 unspecified atom stereocenters. The molecule has 0 saturated heterocycles. The van der Waals surface area contributed by atoms with Gasteiger partial charge in [0, 0.05) is 17.1 Å². The van der Waals surface area contributed by atoms with Crippen LogP contribution >= 0.6 is 0 Å². The summed E-state index contributed by atoms with van der Waals surface area (Å²) in [6.07, 6.45) is 2.52. The van der Waals surface area contributed by atoms with Crippen molar-refractivity contribution < 1.29 is 9.18 Å². The number of carbonyl (C=O) groups excluding carboxylic acids is 1. The Morgan fingerprint density at radius 1 is 1.28 bits per heavy atom. The third-order valence-electron chi connectivity index (χ3n) is 3.89. The quantitative estimate of drug-likeness (QED) is 0.726. The van der Waals surface area contributed by atoms with Gasteiger partial charge in [-0.2, -0.15) is 4.98 Å². The lowest BCUT2D eigenvalue weighted by Gasteiger charge is -2.07. The van der Waals surface area contributed by atoms with Gasteiger partial charge in [0.05, 0.1) is 6.42 Å². The Hall–Kier alpha value is -3.09. The number of aryl methyl sites for hydroxylation is 2. The molecule has 1 aromatic carbocycles. The van der Waals surface area contributed by atoms with E-state index in [2.05, 4.69) is 27.0 Å². The second-order valence-corrected chi connectivity index (χ2v) is 5.73. The molecule has 3 aromatic rings. The van der Waals surface area contributed by atoms with Gasteiger partial charge in [-0.15, -0.1) is 11.7 Å². The highest BCUT2D eigenvalue weighted by molar-refractivity contribution is 5.91. The zero-order valence-electron chi connectivity index (χ0n) is 14.1. The molecule has 0 spiro atoms. The van der Waals surface area contributed by atoms with E-state index < -0.39 is 0 Å². The lowest BCUT2D eigenvalue weighted by Crippen LogP contribution is -2.15. The number of hydrogen-bond donors (Lipinski definition) is 1. The van der Waals surface area contributed by atoms with E-state index in [-0.39, 0.29) is 18.1 Å². The van der Waals surface area contributed by atoms with E-state index >= 15 is 0 Å². The molecule has 0 bridgehead atoms. The van der Waals surface area contributed by atoms with Gasteiger partial charge in [0.1, 0.15) is 5.82 Å². The first kappa shape index (κ1) is 16.8. The van der Waals surface area contributed by atoms with Crippen molar-refractivity contribution in [2.75, 3.05) is 5.32 Å². The Kier molecular flexibility index (Phi) is 4.56. The van der Waals surface area contributed by atoms with Crippen LogP contribution in [0.1, 0.15) is 22.8 Å². The second kappa shape index (κ2) is 6.80. The number of aromatic nitrogens is 4. The smallest absolute Gasteiger partial charge is 0.252 e. The minimum Gasteiger partial charge on any atom is -0.326 e. The fourth-order valence-corrected chi connectivity index (χ4v) is 2.65. The van der Waals surface area contributed by atoms with Gasteiger partial charge >= 0.3 is 0 Å². The number of carbonyl (C=O) groups is 1. The zero-order valence-corrected chi connectivity index (χ0v) is 14.1. The van der Waals surface area contributed by atoms with Crippen LogP contribution in [0, 0.1) is 19.7 Å². The third kappa shape index (κ3) is 3.55. The zero-order chi connectivity index (χ0) is 18.0. The number of hydrogen-bond acceptors (Lipinski definition) is 4. The summed E-state index contributed by atoms with van der Waals surface area (Å²) in [6, 6.07) is 5.58. The van der Waals surface area contributed by atoms with E-state index in [0.29, 0.717) is 23.7 Å². The minimum absolute atomic E-state index is 0.00994. The van der Waals surface area contributed by atoms with Crippen LogP contribution in [0.4, 0.5) is 10.1 Å². The van der Waals surface area contributed by atoms with Crippen LogP contribution in [0.15, 0.2) is 36.9 Å². The summed E-state index contributed by atoms with van der Waals surface area (Å²) < 4.78 is 14.5. The number of rotatable bonds is 5. The van der Waals surface area contributed by atoms with Crippen molar-refractivity contribution in [3.05, 3.63) is 65.5 Å². The van der Waals surface area contributed by atoms with Crippen LogP contribution in [0.5, 0.6) is 0 Å². The molecule has 2 aromatic heterocycles. The van der Waals surface area contributed by atoms with Gasteiger partial charge in [-0.25, -0.2) is 13.9 Å². The normalized spacial score (nSPS) is 10.8. The van der Waals surface area contributed by atoms with E-state index in [1.165, 1.54) is 24.3 Å². The second-order valence-electron chi connectivity index (χ2n) is 5.73. The molecule has 0 aliphatic carbocycles. The predicted octanol–water partition coefficient (Wildman–Crippen LogP) is 2.79. The SMILES string of the molecule is C=CCc1c(C)nc2nc(CC(=O)Nc3ccc(F)cc3)nn2c1C. The first-order chi connectivity index (χ1) is 12.0. The van der Waals surface area contributed by atoms with Crippen LogP contribution < -0.4 is 5.32 Å². The number of allylic oxidation sites excluding steroid dienone is 1.